The van der Waals surface area contributed by atoms with Crippen molar-refractivity contribution in [3.8, 4) is 11.3 Å². The lowest BCUT2D eigenvalue weighted by atomic mass is 10.2. The Morgan fingerprint density at radius 3 is 2.69 bits per heavy atom. The quantitative estimate of drug-likeness (QED) is 0.772. The van der Waals surface area contributed by atoms with Crippen LogP contribution < -0.4 is 0 Å². The van der Waals surface area contributed by atoms with Crippen molar-refractivity contribution in [3.05, 3.63) is 42.4 Å². The number of aromatic carboxylic acids is 1. The van der Waals surface area contributed by atoms with Crippen molar-refractivity contribution < 1.29 is 14.3 Å². The van der Waals surface area contributed by atoms with E-state index in [2.05, 4.69) is 15.0 Å². The molecule has 0 aliphatic heterocycles. The Morgan fingerprint density at radius 1 is 1.25 bits per heavy atom. The fourth-order valence-corrected chi connectivity index (χ4v) is 1.16. The molecular weight excluding hydrogens is 213 g/mol. The van der Waals surface area contributed by atoms with Crippen molar-refractivity contribution in [2.24, 2.45) is 0 Å². The Labute approximate surface area is 89.6 Å². The minimum Gasteiger partial charge on any atom is -0.477 e. The molecule has 0 bridgehead atoms. The van der Waals surface area contributed by atoms with E-state index in [1.165, 1.54) is 24.4 Å². The van der Waals surface area contributed by atoms with Gasteiger partial charge in [-0.1, -0.05) is 0 Å². The number of nitrogens with zero attached hydrogens (tertiary/aromatic N) is 3. The van der Waals surface area contributed by atoms with E-state index >= 15 is 0 Å². The molecule has 5 nitrogen and oxygen atoms in total. The third-order valence-corrected chi connectivity index (χ3v) is 1.91. The Balaban J connectivity index is 2.44. The predicted octanol–water partition coefficient (Wildman–Crippen LogP) is 1.38. The van der Waals surface area contributed by atoms with Crippen molar-refractivity contribution in [2.75, 3.05) is 0 Å². The molecule has 80 valence electrons. The summed E-state index contributed by atoms with van der Waals surface area (Å²) in [5.41, 5.74) is 0.806. The van der Waals surface area contributed by atoms with Gasteiger partial charge >= 0.3 is 5.97 Å². The van der Waals surface area contributed by atoms with E-state index < -0.39 is 11.9 Å². The minimum absolute atomic E-state index is 0.116. The summed E-state index contributed by atoms with van der Waals surface area (Å²) in [6.45, 7) is 0. The number of hydrogen-bond acceptors (Lipinski definition) is 4. The zero-order valence-corrected chi connectivity index (χ0v) is 7.96. The van der Waals surface area contributed by atoms with E-state index in [1.54, 1.807) is 0 Å². The fraction of sp³-hybridized carbons (Fsp3) is 0. The molecule has 2 heterocycles. The standard InChI is InChI=1S/C10H6FN3O2/c11-9-2-1-6(4-12-9)7-3-8(10(15)16)14-5-13-7/h1-5H,(H,15,16). The molecule has 16 heavy (non-hydrogen) atoms. The highest BCUT2D eigenvalue weighted by Gasteiger charge is 2.07. The molecule has 1 N–H and O–H groups in total. The molecule has 0 radical (unpaired) electrons. The Kier molecular flexibility index (Phi) is 2.55. The van der Waals surface area contributed by atoms with Crippen molar-refractivity contribution in [1.82, 2.24) is 15.0 Å². The molecule has 0 aromatic carbocycles. The molecule has 0 atom stereocenters. The van der Waals surface area contributed by atoms with E-state index in [9.17, 15) is 9.18 Å². The summed E-state index contributed by atoms with van der Waals surface area (Å²) in [7, 11) is 0. The number of hydrogen-bond donors (Lipinski definition) is 1. The smallest absolute Gasteiger partial charge is 0.354 e. The van der Waals surface area contributed by atoms with Crippen LogP contribution in [0.5, 0.6) is 0 Å². The van der Waals surface area contributed by atoms with E-state index in [0.29, 0.717) is 11.3 Å². The van der Waals surface area contributed by atoms with E-state index in [4.69, 9.17) is 5.11 Å². The van der Waals surface area contributed by atoms with Gasteiger partial charge in [0.1, 0.15) is 6.33 Å². The van der Waals surface area contributed by atoms with Crippen LogP contribution in [0.2, 0.25) is 0 Å². The maximum atomic E-state index is 12.6. The first kappa shape index (κ1) is 10.2. The maximum Gasteiger partial charge on any atom is 0.354 e. The highest BCUT2D eigenvalue weighted by Crippen LogP contribution is 2.15. The van der Waals surface area contributed by atoms with Crippen LogP contribution in [0.3, 0.4) is 0 Å². The van der Waals surface area contributed by atoms with Crippen molar-refractivity contribution in [3.63, 3.8) is 0 Å². The van der Waals surface area contributed by atoms with Gasteiger partial charge < -0.3 is 5.11 Å². The summed E-state index contributed by atoms with van der Waals surface area (Å²) in [5.74, 6) is -1.74. The monoisotopic (exact) mass is 219 g/mol. The second kappa shape index (κ2) is 4.01. The third-order valence-electron chi connectivity index (χ3n) is 1.91. The lowest BCUT2D eigenvalue weighted by molar-refractivity contribution is 0.0690. The van der Waals surface area contributed by atoms with Crippen LogP contribution in [-0.4, -0.2) is 26.0 Å². The van der Waals surface area contributed by atoms with Gasteiger partial charge in [-0.05, 0) is 18.2 Å². The predicted molar refractivity (Wildman–Crippen MR) is 52.2 cm³/mol. The topological polar surface area (TPSA) is 76.0 Å². The summed E-state index contributed by atoms with van der Waals surface area (Å²) < 4.78 is 12.6. The number of pyridine rings is 1. The minimum atomic E-state index is -1.14. The molecule has 0 aliphatic carbocycles. The molecule has 0 fully saturated rings. The fourth-order valence-electron chi connectivity index (χ4n) is 1.16. The Bertz CT molecular complexity index is 528. The summed E-state index contributed by atoms with van der Waals surface area (Å²) in [6.07, 6.45) is 2.42. The molecule has 0 unspecified atom stereocenters. The number of halogens is 1. The van der Waals surface area contributed by atoms with E-state index in [1.807, 2.05) is 0 Å². The average molecular weight is 219 g/mol. The van der Waals surface area contributed by atoms with Gasteiger partial charge in [0.2, 0.25) is 5.95 Å². The normalized spacial score (nSPS) is 10.1. The number of carboxylic acids is 1. The van der Waals surface area contributed by atoms with Gasteiger partial charge in [-0.15, -0.1) is 0 Å². The van der Waals surface area contributed by atoms with Gasteiger partial charge in [-0.3, -0.25) is 0 Å². The average Bonchev–Trinajstić information content (AvgIpc) is 2.30. The second-order valence-corrected chi connectivity index (χ2v) is 2.96. The van der Waals surface area contributed by atoms with Gasteiger partial charge in [-0.25, -0.2) is 19.7 Å². The largest absolute Gasteiger partial charge is 0.477 e. The van der Waals surface area contributed by atoms with Gasteiger partial charge in [0, 0.05) is 11.8 Å². The van der Waals surface area contributed by atoms with Crippen molar-refractivity contribution in [1.29, 1.82) is 0 Å². The van der Waals surface area contributed by atoms with Gasteiger partial charge in [0.25, 0.3) is 0 Å². The van der Waals surface area contributed by atoms with Crippen LogP contribution in [0.4, 0.5) is 4.39 Å². The summed E-state index contributed by atoms with van der Waals surface area (Å²) >= 11 is 0. The zero-order valence-electron chi connectivity index (χ0n) is 7.96. The number of carboxylic acid groups (broad SMARTS) is 1. The van der Waals surface area contributed by atoms with Crippen molar-refractivity contribution >= 4 is 5.97 Å². The second-order valence-electron chi connectivity index (χ2n) is 2.96. The number of aromatic nitrogens is 3. The third kappa shape index (κ3) is 2.00. The molecule has 2 rings (SSSR count). The summed E-state index contributed by atoms with van der Waals surface area (Å²) in [5, 5.41) is 8.73. The van der Waals surface area contributed by atoms with Crippen LogP contribution in [0.1, 0.15) is 10.5 Å². The van der Waals surface area contributed by atoms with Crippen LogP contribution in [-0.2, 0) is 0 Å². The highest BCUT2D eigenvalue weighted by molar-refractivity contribution is 5.86. The number of rotatable bonds is 2. The lowest BCUT2D eigenvalue weighted by Gasteiger charge is -2.00. The molecule has 6 heteroatoms. The molecule has 0 amide bonds. The van der Waals surface area contributed by atoms with Crippen LogP contribution in [0.15, 0.2) is 30.7 Å². The molecular formula is C10H6FN3O2. The van der Waals surface area contributed by atoms with Crippen LogP contribution in [0, 0.1) is 5.95 Å². The zero-order chi connectivity index (χ0) is 11.5. The van der Waals surface area contributed by atoms with Gasteiger partial charge in [-0.2, -0.15) is 4.39 Å². The maximum absolute atomic E-state index is 12.6. The first-order chi connectivity index (χ1) is 7.66. The van der Waals surface area contributed by atoms with Gasteiger partial charge in [0.15, 0.2) is 5.69 Å². The molecule has 2 aromatic heterocycles. The van der Waals surface area contributed by atoms with Crippen LogP contribution in [0.25, 0.3) is 11.3 Å². The van der Waals surface area contributed by atoms with E-state index in [-0.39, 0.29) is 5.69 Å². The highest BCUT2D eigenvalue weighted by atomic mass is 19.1. The summed E-state index contributed by atoms with van der Waals surface area (Å²) in [6, 6.07) is 3.95. The lowest BCUT2D eigenvalue weighted by Crippen LogP contribution is -2.01. The SMILES string of the molecule is O=C(O)c1cc(-c2ccc(F)nc2)ncn1. The molecule has 0 aliphatic rings. The first-order valence-corrected chi connectivity index (χ1v) is 4.34. The first-order valence-electron chi connectivity index (χ1n) is 4.34. The van der Waals surface area contributed by atoms with E-state index in [0.717, 1.165) is 6.33 Å². The molecule has 2 aromatic rings. The van der Waals surface area contributed by atoms with Gasteiger partial charge in [0.05, 0.1) is 5.69 Å². The Morgan fingerprint density at radius 2 is 2.06 bits per heavy atom. The van der Waals surface area contributed by atoms with Crippen molar-refractivity contribution in [2.45, 2.75) is 0 Å². The summed E-state index contributed by atoms with van der Waals surface area (Å²) in [4.78, 5) is 21.6. The van der Waals surface area contributed by atoms with Crippen LogP contribution >= 0.6 is 0 Å². The molecule has 0 saturated carbocycles. The number of carbonyl (C=O) groups is 1. The molecule has 0 spiro atoms. The Hall–Kier alpha value is -2.37. The molecule has 0 saturated heterocycles.